The lowest BCUT2D eigenvalue weighted by Crippen LogP contribution is -2.53. The molecule has 0 atom stereocenters. The largest absolute Gasteiger partial charge is 0.395 e. The summed E-state index contributed by atoms with van der Waals surface area (Å²) in [5.41, 5.74) is 3.62. The SMILES string of the molecule is CC(C)(NS(=O)(=O)CCO)C(N)=O. The molecule has 0 saturated heterocycles. The van der Waals surface area contributed by atoms with E-state index >= 15 is 0 Å². The second-order valence-corrected chi connectivity index (χ2v) is 4.98. The lowest BCUT2D eigenvalue weighted by Gasteiger charge is -2.21. The van der Waals surface area contributed by atoms with Crippen molar-refractivity contribution in [2.24, 2.45) is 5.73 Å². The standard InChI is InChI=1S/C6H14N2O4S/c1-6(2,5(7)10)8-13(11,12)4-3-9/h8-9H,3-4H2,1-2H3,(H2,7,10). The molecule has 0 radical (unpaired) electrons. The minimum absolute atomic E-state index is 0.441. The molecule has 0 spiro atoms. The second kappa shape index (κ2) is 4.03. The van der Waals surface area contributed by atoms with Gasteiger partial charge in [0, 0.05) is 0 Å². The molecule has 0 fully saturated rings. The molecule has 7 heteroatoms. The van der Waals surface area contributed by atoms with Crippen molar-refractivity contribution in [3.63, 3.8) is 0 Å². The van der Waals surface area contributed by atoms with Crippen molar-refractivity contribution in [1.82, 2.24) is 4.72 Å². The Morgan fingerprint density at radius 2 is 2.00 bits per heavy atom. The highest BCUT2D eigenvalue weighted by molar-refractivity contribution is 7.89. The van der Waals surface area contributed by atoms with Crippen LogP contribution in [-0.2, 0) is 14.8 Å². The van der Waals surface area contributed by atoms with E-state index in [1.807, 2.05) is 0 Å². The van der Waals surface area contributed by atoms with Crippen LogP contribution in [0.5, 0.6) is 0 Å². The molecule has 78 valence electrons. The molecule has 0 rings (SSSR count). The molecule has 0 heterocycles. The predicted octanol–water partition coefficient (Wildman–Crippen LogP) is -1.84. The van der Waals surface area contributed by atoms with E-state index in [1.54, 1.807) is 0 Å². The number of nitrogens with one attached hydrogen (secondary N) is 1. The van der Waals surface area contributed by atoms with E-state index in [0.717, 1.165) is 0 Å². The van der Waals surface area contributed by atoms with Gasteiger partial charge >= 0.3 is 0 Å². The Hall–Kier alpha value is -0.660. The number of aliphatic hydroxyl groups excluding tert-OH is 1. The lowest BCUT2D eigenvalue weighted by molar-refractivity contribution is -0.122. The molecule has 0 aromatic rings. The summed E-state index contributed by atoms with van der Waals surface area (Å²) >= 11 is 0. The van der Waals surface area contributed by atoms with E-state index < -0.39 is 33.8 Å². The highest BCUT2D eigenvalue weighted by Gasteiger charge is 2.29. The topological polar surface area (TPSA) is 109 Å². The molecule has 0 unspecified atom stereocenters. The van der Waals surface area contributed by atoms with E-state index in [1.165, 1.54) is 13.8 Å². The Bertz CT molecular complexity index is 283. The van der Waals surface area contributed by atoms with Crippen molar-refractivity contribution in [1.29, 1.82) is 0 Å². The smallest absolute Gasteiger partial charge is 0.238 e. The van der Waals surface area contributed by atoms with E-state index in [-0.39, 0.29) is 0 Å². The Morgan fingerprint density at radius 3 is 2.31 bits per heavy atom. The van der Waals surface area contributed by atoms with Gasteiger partial charge in [0.2, 0.25) is 15.9 Å². The lowest BCUT2D eigenvalue weighted by atomic mass is 10.1. The van der Waals surface area contributed by atoms with Crippen molar-refractivity contribution in [3.8, 4) is 0 Å². The predicted molar refractivity (Wildman–Crippen MR) is 47.3 cm³/mol. The Balaban J connectivity index is 4.53. The van der Waals surface area contributed by atoms with Crippen LogP contribution in [0.3, 0.4) is 0 Å². The number of hydrogen-bond acceptors (Lipinski definition) is 4. The first-order valence-corrected chi connectivity index (χ1v) is 5.29. The number of aliphatic hydroxyl groups is 1. The average molecular weight is 210 g/mol. The first kappa shape index (κ1) is 12.3. The van der Waals surface area contributed by atoms with Crippen LogP contribution in [0.1, 0.15) is 13.8 Å². The summed E-state index contributed by atoms with van der Waals surface area (Å²) in [6.07, 6.45) is 0. The minimum atomic E-state index is -3.64. The van der Waals surface area contributed by atoms with Crippen LogP contribution < -0.4 is 10.5 Å². The van der Waals surface area contributed by atoms with Gasteiger partial charge in [-0.05, 0) is 13.8 Å². The van der Waals surface area contributed by atoms with Gasteiger partial charge < -0.3 is 10.8 Å². The zero-order valence-corrected chi connectivity index (χ0v) is 8.39. The molecule has 6 nitrogen and oxygen atoms in total. The molecule has 1 amide bonds. The van der Waals surface area contributed by atoms with Gasteiger partial charge in [-0.3, -0.25) is 4.79 Å². The highest BCUT2D eigenvalue weighted by Crippen LogP contribution is 2.02. The van der Waals surface area contributed by atoms with Gasteiger partial charge in [-0.1, -0.05) is 0 Å². The molecule has 0 aliphatic heterocycles. The number of sulfonamides is 1. The number of carbonyl (C=O) groups excluding carboxylic acids is 1. The van der Waals surface area contributed by atoms with E-state index in [4.69, 9.17) is 10.8 Å². The fourth-order valence-electron chi connectivity index (χ4n) is 0.610. The maximum absolute atomic E-state index is 11.1. The first-order chi connectivity index (χ1) is 5.71. The fourth-order valence-corrected chi connectivity index (χ4v) is 1.83. The Kier molecular flexibility index (Phi) is 3.83. The summed E-state index contributed by atoms with van der Waals surface area (Å²) in [6.45, 7) is 2.21. The molecule has 0 aromatic carbocycles. The molecular weight excluding hydrogens is 196 g/mol. The van der Waals surface area contributed by atoms with Crippen LogP contribution in [-0.4, -0.2) is 37.3 Å². The molecule has 0 saturated carbocycles. The summed E-state index contributed by atoms with van der Waals surface area (Å²) in [5, 5.41) is 8.40. The Morgan fingerprint density at radius 1 is 1.54 bits per heavy atom. The van der Waals surface area contributed by atoms with Crippen LogP contribution in [0.4, 0.5) is 0 Å². The summed E-state index contributed by atoms with van der Waals surface area (Å²) < 4.78 is 24.2. The van der Waals surface area contributed by atoms with E-state index in [9.17, 15) is 13.2 Å². The van der Waals surface area contributed by atoms with Gasteiger partial charge in [0.05, 0.1) is 12.4 Å². The number of primary amides is 1. The highest BCUT2D eigenvalue weighted by atomic mass is 32.2. The van der Waals surface area contributed by atoms with Gasteiger partial charge in [-0.2, -0.15) is 0 Å². The van der Waals surface area contributed by atoms with Crippen LogP contribution in [0, 0.1) is 0 Å². The summed E-state index contributed by atoms with van der Waals surface area (Å²) in [4.78, 5) is 10.7. The van der Waals surface area contributed by atoms with Crippen LogP contribution >= 0.6 is 0 Å². The third-order valence-corrected chi connectivity index (χ3v) is 2.93. The zero-order valence-electron chi connectivity index (χ0n) is 7.57. The van der Waals surface area contributed by atoms with Crippen molar-refractivity contribution in [2.75, 3.05) is 12.4 Å². The molecule has 0 bridgehead atoms. The third-order valence-electron chi connectivity index (χ3n) is 1.39. The summed E-state index contributed by atoms with van der Waals surface area (Å²) in [6, 6.07) is 0. The second-order valence-electron chi connectivity index (χ2n) is 3.13. The molecule has 0 aliphatic carbocycles. The van der Waals surface area contributed by atoms with Crippen molar-refractivity contribution in [2.45, 2.75) is 19.4 Å². The van der Waals surface area contributed by atoms with Gasteiger partial charge in [0.15, 0.2) is 0 Å². The fraction of sp³-hybridized carbons (Fsp3) is 0.833. The number of carbonyl (C=O) groups is 1. The summed E-state index contributed by atoms with van der Waals surface area (Å²) in [7, 11) is -3.64. The maximum atomic E-state index is 11.1. The number of nitrogens with two attached hydrogens (primary N) is 1. The normalized spacial score (nSPS) is 12.8. The van der Waals surface area contributed by atoms with Crippen LogP contribution in [0.15, 0.2) is 0 Å². The maximum Gasteiger partial charge on any atom is 0.238 e. The van der Waals surface area contributed by atoms with E-state index in [0.29, 0.717) is 0 Å². The summed E-state index contributed by atoms with van der Waals surface area (Å²) in [5.74, 6) is -1.21. The number of hydrogen-bond donors (Lipinski definition) is 3. The quantitative estimate of drug-likeness (QED) is 0.495. The Labute approximate surface area is 77.2 Å². The van der Waals surface area contributed by atoms with Crippen molar-refractivity contribution >= 4 is 15.9 Å². The number of rotatable bonds is 5. The van der Waals surface area contributed by atoms with E-state index in [2.05, 4.69) is 4.72 Å². The number of amides is 1. The monoisotopic (exact) mass is 210 g/mol. The van der Waals surface area contributed by atoms with Gasteiger partial charge in [0.25, 0.3) is 0 Å². The van der Waals surface area contributed by atoms with Crippen molar-refractivity contribution < 1.29 is 18.3 Å². The van der Waals surface area contributed by atoms with Crippen LogP contribution in [0.2, 0.25) is 0 Å². The average Bonchev–Trinajstić information content (AvgIpc) is 1.83. The first-order valence-electron chi connectivity index (χ1n) is 3.64. The van der Waals surface area contributed by atoms with Gasteiger partial charge in [-0.25, -0.2) is 13.1 Å². The zero-order chi connectivity index (χ0) is 10.7. The minimum Gasteiger partial charge on any atom is -0.395 e. The molecule has 0 aromatic heterocycles. The van der Waals surface area contributed by atoms with Gasteiger partial charge in [-0.15, -0.1) is 0 Å². The molecule has 4 N–H and O–H groups in total. The molecule has 0 aliphatic rings. The third kappa shape index (κ3) is 4.20. The molecular formula is C6H14N2O4S. The van der Waals surface area contributed by atoms with Crippen molar-refractivity contribution in [3.05, 3.63) is 0 Å². The molecule has 13 heavy (non-hydrogen) atoms. The van der Waals surface area contributed by atoms with Gasteiger partial charge in [0.1, 0.15) is 5.54 Å². The van der Waals surface area contributed by atoms with Crippen LogP contribution in [0.25, 0.3) is 0 Å².